The van der Waals surface area contributed by atoms with Crippen LogP contribution in [-0.2, 0) is 4.74 Å². The van der Waals surface area contributed by atoms with Gasteiger partial charge in [0.25, 0.3) is 0 Å². The number of carboxylic acids is 1. The number of hydrogen-bond donors (Lipinski definition) is 2. The summed E-state index contributed by atoms with van der Waals surface area (Å²) in [6.45, 7) is 7.44. The van der Waals surface area contributed by atoms with E-state index in [0.717, 1.165) is 44.0 Å². The number of nitrogens with zero attached hydrogens (tertiary/aromatic N) is 5. The van der Waals surface area contributed by atoms with Crippen molar-refractivity contribution in [2.75, 3.05) is 50.1 Å². The number of carbonyl (C=O) groups excluding carboxylic acids is 1. The molecule has 0 bridgehead atoms. The summed E-state index contributed by atoms with van der Waals surface area (Å²) in [5.74, 6) is -0.263. The molecule has 1 aromatic carbocycles. The Morgan fingerprint density at radius 1 is 1.11 bits per heavy atom. The smallest absolute Gasteiger partial charge is 0.350 e. The van der Waals surface area contributed by atoms with Crippen molar-refractivity contribution < 1.29 is 19.4 Å². The highest BCUT2D eigenvalue weighted by molar-refractivity contribution is 7.17. The van der Waals surface area contributed by atoms with E-state index < -0.39 is 11.9 Å². The topological polar surface area (TPSA) is 121 Å². The maximum absolute atomic E-state index is 12.2. The number of aromatic carboxylic acids is 1. The predicted molar refractivity (Wildman–Crippen MR) is 135 cm³/mol. The average Bonchev–Trinajstić information content (AvgIpc) is 3.06. The van der Waals surface area contributed by atoms with Gasteiger partial charge < -0.3 is 19.6 Å². The van der Waals surface area contributed by atoms with Crippen molar-refractivity contribution in [3.05, 3.63) is 46.5 Å². The van der Waals surface area contributed by atoms with Gasteiger partial charge in [-0.1, -0.05) is 23.5 Å². The summed E-state index contributed by atoms with van der Waals surface area (Å²) in [5.41, 5.74) is 2.22. The normalized spacial score (nSPS) is 14.4. The summed E-state index contributed by atoms with van der Waals surface area (Å²) in [5, 5.41) is 12.9. The predicted octanol–water partition coefficient (Wildman–Crippen LogP) is 3.67. The van der Waals surface area contributed by atoms with Gasteiger partial charge in [-0.25, -0.2) is 19.6 Å². The van der Waals surface area contributed by atoms with Crippen LogP contribution in [0.5, 0.6) is 0 Å². The van der Waals surface area contributed by atoms with E-state index in [1.54, 1.807) is 38.1 Å². The molecule has 3 aromatic rings. The van der Waals surface area contributed by atoms with Crippen LogP contribution in [0.15, 0.2) is 30.3 Å². The maximum Gasteiger partial charge on any atom is 0.350 e. The number of rotatable bonds is 7. The summed E-state index contributed by atoms with van der Waals surface area (Å²) < 4.78 is 5.11. The second kappa shape index (κ2) is 10.8. The fourth-order valence-corrected chi connectivity index (χ4v) is 4.64. The van der Waals surface area contributed by atoms with Crippen LogP contribution in [0.3, 0.4) is 0 Å². The van der Waals surface area contributed by atoms with Crippen molar-refractivity contribution in [1.29, 1.82) is 0 Å². The Kier molecular flexibility index (Phi) is 7.57. The Hall–Kier alpha value is -3.57. The van der Waals surface area contributed by atoms with Crippen LogP contribution in [0.1, 0.15) is 39.1 Å². The lowest BCUT2D eigenvalue weighted by molar-refractivity contribution is 0.0530. The molecule has 4 rings (SSSR count). The monoisotopic (exact) mass is 496 g/mol. The second-order valence-electron chi connectivity index (χ2n) is 8.24. The fraction of sp³-hybridized carbons (Fsp3) is 0.375. The van der Waals surface area contributed by atoms with Gasteiger partial charge in [-0.3, -0.25) is 5.32 Å². The lowest BCUT2D eigenvalue weighted by Gasteiger charge is -2.22. The van der Waals surface area contributed by atoms with Crippen LogP contribution in [0.2, 0.25) is 0 Å². The van der Waals surface area contributed by atoms with Crippen molar-refractivity contribution >= 4 is 40.2 Å². The average molecular weight is 497 g/mol. The van der Waals surface area contributed by atoms with Crippen molar-refractivity contribution in [3.63, 3.8) is 0 Å². The third-order valence-corrected chi connectivity index (χ3v) is 6.71. The summed E-state index contributed by atoms with van der Waals surface area (Å²) in [6.07, 6.45) is 1.01. The third-order valence-electron chi connectivity index (χ3n) is 5.66. The van der Waals surface area contributed by atoms with Crippen LogP contribution in [-0.4, -0.2) is 76.7 Å². The van der Waals surface area contributed by atoms with Crippen LogP contribution >= 0.6 is 11.3 Å². The molecule has 35 heavy (non-hydrogen) atoms. The molecule has 10 nitrogen and oxygen atoms in total. The van der Waals surface area contributed by atoms with Gasteiger partial charge in [0.1, 0.15) is 10.7 Å². The number of ether oxygens (including phenoxy) is 1. The maximum atomic E-state index is 12.2. The lowest BCUT2D eigenvalue weighted by atomic mass is 10.1. The first-order valence-corrected chi connectivity index (χ1v) is 12.2. The Labute approximate surface area is 207 Å². The van der Waals surface area contributed by atoms with E-state index in [4.69, 9.17) is 9.72 Å². The zero-order chi connectivity index (χ0) is 24.9. The van der Waals surface area contributed by atoms with E-state index in [-0.39, 0.29) is 5.56 Å². The molecule has 0 radical (unpaired) electrons. The molecule has 0 spiro atoms. The highest BCUT2D eigenvalue weighted by Gasteiger charge is 2.20. The van der Waals surface area contributed by atoms with Crippen LogP contribution in [0, 0.1) is 6.92 Å². The number of nitrogens with one attached hydrogen (secondary N) is 1. The highest BCUT2D eigenvalue weighted by Crippen LogP contribution is 2.29. The Morgan fingerprint density at radius 2 is 1.89 bits per heavy atom. The molecule has 0 saturated carbocycles. The molecule has 1 fully saturated rings. The number of aromatic nitrogens is 3. The SMILES string of the molecule is CCOC(=O)c1sc(Nc2nc(-c3ccc(C(=O)O)cc3)cc(N3CCCN(C)CC3)n2)nc1C. The minimum absolute atomic E-state index is 0.210. The van der Waals surface area contributed by atoms with Gasteiger partial charge in [0.15, 0.2) is 5.13 Å². The number of hydrogen-bond acceptors (Lipinski definition) is 10. The molecule has 0 aliphatic carbocycles. The third kappa shape index (κ3) is 5.92. The quantitative estimate of drug-likeness (QED) is 0.469. The number of aryl methyl sites for hydroxylation is 1. The Bertz CT molecular complexity index is 1210. The van der Waals surface area contributed by atoms with E-state index in [2.05, 4.69) is 32.1 Å². The van der Waals surface area contributed by atoms with Gasteiger partial charge in [0.05, 0.1) is 23.6 Å². The molecular weight excluding hydrogens is 468 g/mol. The lowest BCUT2D eigenvalue weighted by Crippen LogP contribution is -2.29. The summed E-state index contributed by atoms with van der Waals surface area (Å²) in [7, 11) is 2.11. The summed E-state index contributed by atoms with van der Waals surface area (Å²) in [6, 6.07) is 8.51. The molecule has 1 saturated heterocycles. The summed E-state index contributed by atoms with van der Waals surface area (Å²) >= 11 is 1.19. The van der Waals surface area contributed by atoms with Gasteiger partial charge in [-0.2, -0.15) is 4.98 Å². The minimum atomic E-state index is -0.979. The van der Waals surface area contributed by atoms with Crippen molar-refractivity contribution in [3.8, 4) is 11.3 Å². The van der Waals surface area contributed by atoms with E-state index in [9.17, 15) is 14.7 Å². The number of benzene rings is 1. The first kappa shape index (κ1) is 24.6. The van der Waals surface area contributed by atoms with E-state index in [1.165, 1.54) is 11.3 Å². The molecule has 2 aromatic heterocycles. The van der Waals surface area contributed by atoms with Crippen LogP contribution in [0.4, 0.5) is 16.9 Å². The Morgan fingerprint density at radius 3 is 2.60 bits per heavy atom. The van der Waals surface area contributed by atoms with Gasteiger partial charge in [0.2, 0.25) is 5.95 Å². The minimum Gasteiger partial charge on any atom is -0.478 e. The fourth-order valence-electron chi connectivity index (χ4n) is 3.79. The van der Waals surface area contributed by atoms with E-state index >= 15 is 0 Å². The van der Waals surface area contributed by atoms with Gasteiger partial charge in [0, 0.05) is 31.3 Å². The van der Waals surface area contributed by atoms with Gasteiger partial charge >= 0.3 is 11.9 Å². The summed E-state index contributed by atoms with van der Waals surface area (Å²) in [4.78, 5) is 42.3. The number of carbonyl (C=O) groups is 2. The number of carboxylic acid groups (broad SMARTS) is 1. The molecule has 0 amide bonds. The Balaban J connectivity index is 1.69. The molecule has 1 aliphatic heterocycles. The van der Waals surface area contributed by atoms with Gasteiger partial charge in [-0.05, 0) is 46.0 Å². The zero-order valence-corrected chi connectivity index (χ0v) is 20.8. The second-order valence-corrected chi connectivity index (χ2v) is 9.24. The molecule has 1 aliphatic rings. The van der Waals surface area contributed by atoms with Crippen LogP contribution in [0.25, 0.3) is 11.3 Å². The number of anilines is 3. The standard InChI is InChI=1S/C24H28N6O4S/c1-4-34-22(33)20-15(2)25-24(35-20)28-23-26-18(16-6-8-17(9-7-16)21(31)32)14-19(27-23)30-11-5-10-29(3)12-13-30/h6-9,14H,4-5,10-13H2,1-3H3,(H,31,32)(H,25,26,27,28). The van der Waals surface area contributed by atoms with Crippen LogP contribution < -0.4 is 10.2 Å². The van der Waals surface area contributed by atoms with Crippen molar-refractivity contribution in [2.24, 2.45) is 0 Å². The number of likely N-dealkylation sites (N-methyl/N-ethyl adjacent to an activating group) is 1. The largest absolute Gasteiger partial charge is 0.478 e. The van der Waals surface area contributed by atoms with Crippen molar-refractivity contribution in [1.82, 2.24) is 19.9 Å². The van der Waals surface area contributed by atoms with Gasteiger partial charge in [-0.15, -0.1) is 0 Å². The van der Waals surface area contributed by atoms with E-state index in [1.807, 2.05) is 6.07 Å². The first-order valence-electron chi connectivity index (χ1n) is 11.4. The van der Waals surface area contributed by atoms with E-state index in [0.29, 0.717) is 34.0 Å². The number of esters is 1. The highest BCUT2D eigenvalue weighted by atomic mass is 32.1. The molecule has 3 heterocycles. The molecule has 0 atom stereocenters. The molecule has 184 valence electrons. The molecular formula is C24H28N6O4S. The zero-order valence-electron chi connectivity index (χ0n) is 19.9. The number of thiazole rings is 1. The molecule has 0 unspecified atom stereocenters. The van der Waals surface area contributed by atoms with Crippen molar-refractivity contribution in [2.45, 2.75) is 20.3 Å². The molecule has 2 N–H and O–H groups in total. The molecule has 11 heteroatoms. The first-order chi connectivity index (χ1) is 16.8.